The number of benzene rings is 1. The highest BCUT2D eigenvalue weighted by Crippen LogP contribution is 2.33. The van der Waals surface area contributed by atoms with Crippen LogP contribution in [0.4, 0.5) is 0 Å². The number of ether oxygens (including phenoxy) is 1. The Morgan fingerprint density at radius 1 is 1.05 bits per heavy atom. The Hall–Kier alpha value is -3.09. The topological polar surface area (TPSA) is 117 Å². The minimum Gasteiger partial charge on any atom is -0.508 e. The van der Waals surface area contributed by atoms with Gasteiger partial charge in [0.25, 0.3) is 0 Å². The van der Waals surface area contributed by atoms with Crippen LogP contribution < -0.4 is 4.74 Å². The second-order valence-electron chi connectivity index (χ2n) is 4.12. The smallest absolute Gasteiger partial charge is 0.354 e. The number of carbonyl (C=O) groups is 2. The molecule has 0 amide bonds. The second-order valence-corrected chi connectivity index (χ2v) is 4.12. The van der Waals surface area contributed by atoms with Crippen molar-refractivity contribution in [3.05, 3.63) is 41.7 Å². The number of phenols is 1. The van der Waals surface area contributed by atoms with E-state index >= 15 is 0 Å². The quantitative estimate of drug-likeness (QED) is 0.786. The van der Waals surface area contributed by atoms with Crippen molar-refractivity contribution in [1.82, 2.24) is 4.98 Å². The second kappa shape index (κ2) is 5.49. The molecule has 0 atom stereocenters. The highest BCUT2D eigenvalue weighted by molar-refractivity contribution is 5.93. The summed E-state index contributed by atoms with van der Waals surface area (Å²) in [6, 6.07) is 6.71. The molecule has 0 aliphatic carbocycles. The summed E-state index contributed by atoms with van der Waals surface area (Å²) in [6.07, 6.45) is 0. The minimum atomic E-state index is -1.34. The fraction of sp³-hybridized carbons (Fsp3) is 0.0714. The van der Waals surface area contributed by atoms with Gasteiger partial charge in [0.05, 0.1) is 7.11 Å². The first-order chi connectivity index (χ1) is 9.92. The number of aromatic nitrogens is 1. The molecule has 108 valence electrons. The average Bonchev–Trinajstić information content (AvgIpc) is 2.46. The van der Waals surface area contributed by atoms with Crippen LogP contribution in [-0.4, -0.2) is 39.4 Å². The molecule has 0 bridgehead atoms. The van der Waals surface area contributed by atoms with E-state index in [-0.39, 0.29) is 22.9 Å². The monoisotopic (exact) mass is 289 g/mol. The fourth-order valence-electron chi connectivity index (χ4n) is 1.82. The van der Waals surface area contributed by atoms with E-state index in [9.17, 15) is 14.7 Å². The Labute approximate surface area is 119 Å². The molecule has 0 radical (unpaired) electrons. The van der Waals surface area contributed by atoms with Crippen LogP contribution in [-0.2, 0) is 0 Å². The molecular weight excluding hydrogens is 278 g/mol. The maximum Gasteiger partial charge on any atom is 0.354 e. The van der Waals surface area contributed by atoms with Crippen molar-refractivity contribution in [3.63, 3.8) is 0 Å². The van der Waals surface area contributed by atoms with Gasteiger partial charge in [0.1, 0.15) is 22.9 Å². The van der Waals surface area contributed by atoms with E-state index in [0.717, 1.165) is 0 Å². The van der Waals surface area contributed by atoms with Crippen LogP contribution in [0.3, 0.4) is 0 Å². The maximum atomic E-state index is 11.0. The standard InChI is InChI=1S/C14H11NO6/c1-21-12-6-8(16)2-3-9(12)7-4-10(13(17)18)15-11(5-7)14(19)20/h2-6,16H,1H3,(H,17,18)(H,19,20). The summed E-state index contributed by atoms with van der Waals surface area (Å²) in [7, 11) is 1.38. The van der Waals surface area contributed by atoms with Crippen molar-refractivity contribution in [2.24, 2.45) is 0 Å². The Morgan fingerprint density at radius 3 is 2.10 bits per heavy atom. The van der Waals surface area contributed by atoms with Crippen molar-refractivity contribution in [3.8, 4) is 22.6 Å². The number of hydrogen-bond donors (Lipinski definition) is 3. The van der Waals surface area contributed by atoms with E-state index in [1.54, 1.807) is 0 Å². The lowest BCUT2D eigenvalue weighted by molar-refractivity contribution is 0.0685. The predicted octanol–water partition coefficient (Wildman–Crippen LogP) is 1.86. The van der Waals surface area contributed by atoms with Crippen molar-refractivity contribution in [2.45, 2.75) is 0 Å². The molecule has 1 aromatic carbocycles. The van der Waals surface area contributed by atoms with Gasteiger partial charge in [0.2, 0.25) is 0 Å². The van der Waals surface area contributed by atoms with Crippen LogP contribution in [0.1, 0.15) is 21.0 Å². The van der Waals surface area contributed by atoms with Crippen molar-refractivity contribution in [2.75, 3.05) is 7.11 Å². The average molecular weight is 289 g/mol. The van der Waals surface area contributed by atoms with Gasteiger partial charge >= 0.3 is 11.9 Å². The maximum absolute atomic E-state index is 11.0. The number of aromatic hydroxyl groups is 1. The number of carboxylic acid groups (broad SMARTS) is 2. The Bertz CT molecular complexity index is 693. The Kier molecular flexibility index (Phi) is 3.75. The summed E-state index contributed by atoms with van der Waals surface area (Å²) in [5, 5.41) is 27.4. The SMILES string of the molecule is COc1cc(O)ccc1-c1cc(C(=O)O)nc(C(=O)O)c1. The molecular formula is C14H11NO6. The van der Waals surface area contributed by atoms with Crippen LogP contribution in [0.15, 0.2) is 30.3 Å². The van der Waals surface area contributed by atoms with Crippen LogP contribution >= 0.6 is 0 Å². The molecule has 7 nitrogen and oxygen atoms in total. The zero-order valence-electron chi connectivity index (χ0n) is 10.9. The first kappa shape index (κ1) is 14.3. The summed E-state index contributed by atoms with van der Waals surface area (Å²) < 4.78 is 5.11. The van der Waals surface area contributed by atoms with E-state index in [0.29, 0.717) is 11.1 Å². The molecule has 1 aromatic heterocycles. The zero-order chi connectivity index (χ0) is 15.6. The number of carboxylic acids is 2. The molecule has 0 saturated heterocycles. The molecule has 0 unspecified atom stereocenters. The molecule has 2 aromatic rings. The van der Waals surface area contributed by atoms with E-state index in [2.05, 4.69) is 4.98 Å². The van der Waals surface area contributed by atoms with Crippen LogP contribution in [0.2, 0.25) is 0 Å². The van der Waals surface area contributed by atoms with E-state index < -0.39 is 11.9 Å². The molecule has 0 spiro atoms. The molecule has 2 rings (SSSR count). The van der Waals surface area contributed by atoms with Gasteiger partial charge in [-0.1, -0.05) is 0 Å². The molecule has 3 N–H and O–H groups in total. The third-order valence-corrected chi connectivity index (χ3v) is 2.76. The van der Waals surface area contributed by atoms with Gasteiger partial charge in [0, 0.05) is 11.6 Å². The Morgan fingerprint density at radius 2 is 1.62 bits per heavy atom. The summed E-state index contributed by atoms with van der Waals surface area (Å²) in [4.78, 5) is 25.6. The predicted molar refractivity (Wildman–Crippen MR) is 71.8 cm³/mol. The first-order valence-corrected chi connectivity index (χ1v) is 5.78. The number of hydrogen-bond acceptors (Lipinski definition) is 5. The third kappa shape index (κ3) is 2.92. The fourth-order valence-corrected chi connectivity index (χ4v) is 1.82. The number of methoxy groups -OCH3 is 1. The van der Waals surface area contributed by atoms with Crippen LogP contribution in [0.25, 0.3) is 11.1 Å². The van der Waals surface area contributed by atoms with Gasteiger partial charge < -0.3 is 20.1 Å². The minimum absolute atomic E-state index is 0.0263. The summed E-state index contributed by atoms with van der Waals surface area (Å²) >= 11 is 0. The van der Waals surface area contributed by atoms with Crippen molar-refractivity contribution in [1.29, 1.82) is 0 Å². The summed E-state index contributed by atoms with van der Waals surface area (Å²) in [5.74, 6) is -2.41. The molecule has 0 aliphatic rings. The van der Waals surface area contributed by atoms with Gasteiger partial charge in [0.15, 0.2) is 0 Å². The first-order valence-electron chi connectivity index (χ1n) is 5.78. The number of rotatable bonds is 4. The van der Waals surface area contributed by atoms with Crippen molar-refractivity contribution < 1.29 is 29.6 Å². The van der Waals surface area contributed by atoms with E-state index in [1.807, 2.05) is 0 Å². The lowest BCUT2D eigenvalue weighted by Gasteiger charge is -2.10. The molecule has 7 heteroatoms. The summed E-state index contributed by atoms with van der Waals surface area (Å²) in [5.41, 5.74) is -0.0144. The van der Waals surface area contributed by atoms with Crippen molar-refractivity contribution >= 4 is 11.9 Å². The van der Waals surface area contributed by atoms with Gasteiger partial charge in [-0.05, 0) is 29.8 Å². The highest BCUT2D eigenvalue weighted by Gasteiger charge is 2.16. The zero-order valence-corrected chi connectivity index (χ0v) is 10.9. The van der Waals surface area contributed by atoms with Gasteiger partial charge in [-0.15, -0.1) is 0 Å². The van der Waals surface area contributed by atoms with Crippen LogP contribution in [0, 0.1) is 0 Å². The van der Waals surface area contributed by atoms with Gasteiger partial charge in [-0.3, -0.25) is 0 Å². The Balaban J connectivity index is 2.68. The largest absolute Gasteiger partial charge is 0.508 e. The lowest BCUT2D eigenvalue weighted by atomic mass is 10.0. The molecule has 0 aliphatic heterocycles. The molecule has 0 fully saturated rings. The number of pyridine rings is 1. The highest BCUT2D eigenvalue weighted by atomic mass is 16.5. The normalized spacial score (nSPS) is 10.1. The number of nitrogens with zero attached hydrogens (tertiary/aromatic N) is 1. The van der Waals surface area contributed by atoms with E-state index in [1.165, 1.54) is 37.4 Å². The lowest BCUT2D eigenvalue weighted by Crippen LogP contribution is -2.08. The number of aromatic carboxylic acids is 2. The van der Waals surface area contributed by atoms with E-state index in [4.69, 9.17) is 14.9 Å². The van der Waals surface area contributed by atoms with Crippen LogP contribution in [0.5, 0.6) is 11.5 Å². The van der Waals surface area contributed by atoms with Gasteiger partial charge in [-0.2, -0.15) is 0 Å². The summed E-state index contributed by atoms with van der Waals surface area (Å²) in [6.45, 7) is 0. The molecule has 0 saturated carbocycles. The third-order valence-electron chi connectivity index (χ3n) is 2.76. The van der Waals surface area contributed by atoms with Gasteiger partial charge in [-0.25, -0.2) is 14.6 Å². The number of phenolic OH excluding ortho intramolecular Hbond substituents is 1. The molecule has 1 heterocycles. The molecule has 21 heavy (non-hydrogen) atoms.